The highest BCUT2D eigenvalue weighted by Crippen LogP contribution is 2.50. The van der Waals surface area contributed by atoms with E-state index in [0.717, 1.165) is 38.8 Å². The zero-order chi connectivity index (χ0) is 19.9. The third-order valence-corrected chi connectivity index (χ3v) is 6.68. The second-order valence-corrected chi connectivity index (χ2v) is 8.96. The average Bonchev–Trinajstić information content (AvgIpc) is 3.46. The van der Waals surface area contributed by atoms with Gasteiger partial charge in [-0.1, -0.05) is 30.3 Å². The van der Waals surface area contributed by atoms with E-state index in [0.29, 0.717) is 24.9 Å². The summed E-state index contributed by atoms with van der Waals surface area (Å²) >= 11 is 0. The Morgan fingerprint density at radius 2 is 1.93 bits per heavy atom. The summed E-state index contributed by atoms with van der Waals surface area (Å²) in [6.45, 7) is 2.67. The lowest BCUT2D eigenvalue weighted by atomic mass is 9.62. The summed E-state index contributed by atoms with van der Waals surface area (Å²) < 4.78 is 20.0. The monoisotopic (exact) mass is 395 g/mol. The number of likely N-dealkylation sites (tertiary alicyclic amines) is 1. The first kappa shape index (κ1) is 18.6. The van der Waals surface area contributed by atoms with E-state index in [1.807, 2.05) is 23.1 Å². The number of halogens is 1. The van der Waals surface area contributed by atoms with Crippen molar-refractivity contribution in [2.45, 2.75) is 43.8 Å². The number of pyridine rings is 1. The average molecular weight is 395 g/mol. The lowest BCUT2D eigenvalue weighted by molar-refractivity contribution is -0.141. The number of urea groups is 1. The van der Waals surface area contributed by atoms with E-state index in [1.165, 1.54) is 11.6 Å². The molecule has 152 valence electrons. The minimum atomic E-state index is -0.323. The van der Waals surface area contributed by atoms with E-state index >= 15 is 0 Å². The molecule has 1 N–H and O–H groups in total. The fraction of sp³-hybridized carbons (Fsp3) is 0.478. The number of nitrogens with one attached hydrogen (secondary N) is 1. The number of nitrogens with zero attached hydrogens (tertiary/aromatic N) is 2. The number of carbonyl (C=O) groups excluding carboxylic acids is 1. The summed E-state index contributed by atoms with van der Waals surface area (Å²) in [5, 5.41) is 3.01. The minimum absolute atomic E-state index is 0.0492. The van der Waals surface area contributed by atoms with Crippen molar-refractivity contribution in [1.29, 1.82) is 0 Å². The van der Waals surface area contributed by atoms with Gasteiger partial charge in [0.2, 0.25) is 0 Å². The second-order valence-electron chi connectivity index (χ2n) is 8.96. The molecule has 1 aromatic heterocycles. The molecule has 0 radical (unpaired) electrons. The number of benzene rings is 1. The van der Waals surface area contributed by atoms with E-state index < -0.39 is 0 Å². The van der Waals surface area contributed by atoms with Gasteiger partial charge in [0, 0.05) is 36.7 Å². The Morgan fingerprint density at radius 3 is 2.62 bits per heavy atom. The van der Waals surface area contributed by atoms with Crippen LogP contribution in [0.3, 0.4) is 0 Å². The quantitative estimate of drug-likeness (QED) is 0.812. The third-order valence-electron chi connectivity index (χ3n) is 6.68. The zero-order valence-corrected chi connectivity index (χ0v) is 16.4. The van der Waals surface area contributed by atoms with Gasteiger partial charge in [-0.15, -0.1) is 0 Å². The molecular formula is C23H26FN3O2. The molecule has 2 amide bonds. The molecule has 5 rings (SSSR count). The van der Waals surface area contributed by atoms with E-state index in [2.05, 4.69) is 22.4 Å². The summed E-state index contributed by atoms with van der Waals surface area (Å²) in [4.78, 5) is 18.6. The molecule has 0 unspecified atom stereocenters. The van der Waals surface area contributed by atoms with Crippen LogP contribution in [0, 0.1) is 11.2 Å². The smallest absolute Gasteiger partial charge is 0.317 e. The van der Waals surface area contributed by atoms with Crippen LogP contribution in [0.15, 0.2) is 48.7 Å². The highest BCUT2D eigenvalue weighted by atomic mass is 19.1. The maximum Gasteiger partial charge on any atom is 0.317 e. The molecule has 2 heterocycles. The van der Waals surface area contributed by atoms with Gasteiger partial charge in [0.25, 0.3) is 0 Å². The lowest BCUT2D eigenvalue weighted by Crippen LogP contribution is -2.67. The number of aromatic nitrogens is 1. The van der Waals surface area contributed by atoms with Crippen LogP contribution in [0.5, 0.6) is 0 Å². The number of carbonyl (C=O) groups is 1. The maximum atomic E-state index is 14.1. The molecular weight excluding hydrogens is 369 g/mol. The molecule has 2 aromatic rings. The molecule has 1 aromatic carbocycles. The van der Waals surface area contributed by atoms with Crippen molar-refractivity contribution in [3.63, 3.8) is 0 Å². The van der Waals surface area contributed by atoms with Crippen molar-refractivity contribution in [3.8, 4) is 0 Å². The number of hydrogen-bond donors (Lipinski definition) is 1. The Hall–Kier alpha value is -2.47. The Morgan fingerprint density at radius 1 is 1.17 bits per heavy atom. The van der Waals surface area contributed by atoms with Crippen molar-refractivity contribution >= 4 is 6.03 Å². The molecule has 2 aliphatic carbocycles. The van der Waals surface area contributed by atoms with Crippen LogP contribution in [0.1, 0.15) is 36.9 Å². The molecule has 1 spiro atoms. The molecule has 1 aliphatic heterocycles. The molecule has 3 fully saturated rings. The fourth-order valence-electron chi connectivity index (χ4n) is 4.76. The standard InChI is InChI=1S/C23H26FN3O2/c24-19-7-4-10-25-20(19)23(8-9-23)14-26-21(28)27-15-22(16-27)11-18(12-22)29-13-17-5-2-1-3-6-17/h1-7,10,18H,8-9,11-16H2,(H,26,28). The lowest BCUT2D eigenvalue weighted by Gasteiger charge is -2.58. The Balaban J connectivity index is 1.05. The summed E-state index contributed by atoms with van der Waals surface area (Å²) in [7, 11) is 0. The van der Waals surface area contributed by atoms with Crippen molar-refractivity contribution in [2.24, 2.45) is 5.41 Å². The molecule has 2 saturated carbocycles. The van der Waals surface area contributed by atoms with Gasteiger partial charge in [0.05, 0.1) is 18.4 Å². The summed E-state index contributed by atoms with van der Waals surface area (Å²) in [6.07, 6.45) is 5.69. The highest BCUT2D eigenvalue weighted by molar-refractivity contribution is 5.75. The van der Waals surface area contributed by atoms with Crippen LogP contribution in [0.25, 0.3) is 0 Å². The first-order valence-corrected chi connectivity index (χ1v) is 10.4. The molecule has 1 saturated heterocycles. The summed E-state index contributed by atoms with van der Waals surface area (Å²) in [5.41, 5.74) is 1.60. The van der Waals surface area contributed by atoms with Gasteiger partial charge in [-0.25, -0.2) is 9.18 Å². The van der Waals surface area contributed by atoms with Crippen molar-refractivity contribution < 1.29 is 13.9 Å². The Kier molecular flexibility index (Phi) is 4.54. The maximum absolute atomic E-state index is 14.1. The highest BCUT2D eigenvalue weighted by Gasteiger charge is 2.54. The van der Waals surface area contributed by atoms with Gasteiger partial charge in [-0.05, 0) is 43.4 Å². The van der Waals surface area contributed by atoms with Crippen LogP contribution in [-0.2, 0) is 16.8 Å². The molecule has 0 atom stereocenters. The Bertz CT molecular complexity index is 886. The van der Waals surface area contributed by atoms with E-state index in [4.69, 9.17) is 4.74 Å². The van der Waals surface area contributed by atoms with Crippen LogP contribution in [0.2, 0.25) is 0 Å². The van der Waals surface area contributed by atoms with Gasteiger partial charge < -0.3 is 15.0 Å². The van der Waals surface area contributed by atoms with Crippen molar-refractivity contribution in [2.75, 3.05) is 19.6 Å². The van der Waals surface area contributed by atoms with Crippen molar-refractivity contribution in [1.82, 2.24) is 15.2 Å². The van der Waals surface area contributed by atoms with Crippen LogP contribution >= 0.6 is 0 Å². The first-order chi connectivity index (χ1) is 14.1. The van der Waals surface area contributed by atoms with Crippen LogP contribution in [-0.4, -0.2) is 41.7 Å². The fourth-order valence-corrected chi connectivity index (χ4v) is 4.76. The predicted octanol–water partition coefficient (Wildman–Crippen LogP) is 3.64. The van der Waals surface area contributed by atoms with E-state index in [-0.39, 0.29) is 22.7 Å². The SMILES string of the molecule is O=C(NCC1(c2ncccc2F)CC1)N1CC2(CC(OCc3ccccc3)C2)C1. The molecule has 29 heavy (non-hydrogen) atoms. The number of ether oxygens (including phenoxy) is 1. The van der Waals surface area contributed by atoms with Gasteiger partial charge in [0.15, 0.2) is 0 Å². The van der Waals surface area contributed by atoms with Gasteiger partial charge in [0.1, 0.15) is 5.82 Å². The largest absolute Gasteiger partial charge is 0.373 e. The summed E-state index contributed by atoms with van der Waals surface area (Å²) in [6, 6.07) is 13.2. The van der Waals surface area contributed by atoms with E-state index in [9.17, 15) is 9.18 Å². The van der Waals surface area contributed by atoms with Crippen LogP contribution < -0.4 is 5.32 Å². The second kappa shape index (κ2) is 7.10. The van der Waals surface area contributed by atoms with Gasteiger partial charge in [-0.2, -0.15) is 0 Å². The predicted molar refractivity (Wildman–Crippen MR) is 107 cm³/mol. The molecule has 5 nitrogen and oxygen atoms in total. The van der Waals surface area contributed by atoms with Crippen molar-refractivity contribution in [3.05, 3.63) is 65.7 Å². The number of hydrogen-bond acceptors (Lipinski definition) is 3. The Labute approximate surface area is 170 Å². The molecule has 0 bridgehead atoms. The molecule has 6 heteroatoms. The normalized spacial score (nSPS) is 21.3. The van der Waals surface area contributed by atoms with Crippen LogP contribution in [0.4, 0.5) is 9.18 Å². The first-order valence-electron chi connectivity index (χ1n) is 10.4. The third kappa shape index (κ3) is 3.62. The number of amides is 2. The minimum Gasteiger partial charge on any atom is -0.373 e. The van der Waals surface area contributed by atoms with Gasteiger partial charge >= 0.3 is 6.03 Å². The zero-order valence-electron chi connectivity index (χ0n) is 16.4. The molecule has 3 aliphatic rings. The topological polar surface area (TPSA) is 54.5 Å². The van der Waals surface area contributed by atoms with Gasteiger partial charge in [-0.3, -0.25) is 4.98 Å². The van der Waals surface area contributed by atoms with E-state index in [1.54, 1.807) is 12.3 Å². The number of rotatable bonds is 6. The summed E-state index contributed by atoms with van der Waals surface area (Å²) in [5.74, 6) is -0.279.